The topological polar surface area (TPSA) is 37.8 Å². The fourth-order valence-corrected chi connectivity index (χ4v) is 5.29. The van der Waals surface area contributed by atoms with Crippen molar-refractivity contribution in [2.24, 2.45) is 5.92 Å². The molecule has 1 aromatic carbocycles. The van der Waals surface area contributed by atoms with E-state index in [0.717, 1.165) is 22.6 Å². The number of hydrogen-bond donors (Lipinski definition) is 1. The van der Waals surface area contributed by atoms with Crippen LogP contribution in [0.2, 0.25) is 0 Å². The average Bonchev–Trinajstić information content (AvgIpc) is 3.24. The van der Waals surface area contributed by atoms with Gasteiger partial charge >= 0.3 is 135 Å². The molecule has 1 saturated carbocycles. The Kier molecular flexibility index (Phi) is 3.80. The summed E-state index contributed by atoms with van der Waals surface area (Å²) in [5.74, 6) is 0.739. The SMILES string of the molecule is c1csc(C(Nc2cccc3n[se]nc23)C2CCCC2)c1. The molecule has 0 aliphatic heterocycles. The van der Waals surface area contributed by atoms with Gasteiger partial charge in [0.1, 0.15) is 0 Å². The third-order valence-electron chi connectivity index (χ3n) is 4.32. The quantitative estimate of drug-likeness (QED) is 0.711. The van der Waals surface area contributed by atoms with Crippen LogP contribution < -0.4 is 5.32 Å². The molecule has 2 aromatic heterocycles. The molecule has 108 valence electrons. The van der Waals surface area contributed by atoms with E-state index in [9.17, 15) is 0 Å². The average molecular weight is 362 g/mol. The predicted octanol–water partition coefficient (Wildman–Crippen LogP) is 4.09. The zero-order valence-electron chi connectivity index (χ0n) is 11.7. The van der Waals surface area contributed by atoms with Gasteiger partial charge in [0.2, 0.25) is 0 Å². The van der Waals surface area contributed by atoms with Crippen molar-refractivity contribution in [1.82, 2.24) is 7.96 Å². The van der Waals surface area contributed by atoms with Crippen molar-refractivity contribution >= 4 is 43.0 Å². The monoisotopic (exact) mass is 363 g/mol. The van der Waals surface area contributed by atoms with Crippen molar-refractivity contribution in [2.45, 2.75) is 31.7 Å². The molecule has 1 N–H and O–H groups in total. The van der Waals surface area contributed by atoms with E-state index in [4.69, 9.17) is 0 Å². The minimum absolute atomic E-state index is 0.0336. The Balaban J connectivity index is 1.69. The van der Waals surface area contributed by atoms with Gasteiger partial charge in [-0.25, -0.2) is 0 Å². The Morgan fingerprint density at radius 2 is 2.05 bits per heavy atom. The molecule has 5 heteroatoms. The van der Waals surface area contributed by atoms with E-state index in [2.05, 4.69) is 49.0 Å². The molecule has 0 amide bonds. The summed E-state index contributed by atoms with van der Waals surface area (Å²) in [6, 6.07) is 11.1. The van der Waals surface area contributed by atoms with E-state index >= 15 is 0 Å². The summed E-state index contributed by atoms with van der Waals surface area (Å²) >= 11 is 1.89. The van der Waals surface area contributed by atoms with E-state index in [0.29, 0.717) is 6.04 Å². The molecule has 0 radical (unpaired) electrons. The molecule has 0 spiro atoms. The first-order valence-electron chi connectivity index (χ1n) is 7.43. The number of nitrogens with zero attached hydrogens (tertiary/aromatic N) is 2. The summed E-state index contributed by atoms with van der Waals surface area (Å²) < 4.78 is 9.08. The van der Waals surface area contributed by atoms with Crippen molar-refractivity contribution < 1.29 is 0 Å². The maximum absolute atomic E-state index is 4.60. The van der Waals surface area contributed by atoms with Gasteiger partial charge in [0.15, 0.2) is 0 Å². The molecule has 1 unspecified atom stereocenters. The van der Waals surface area contributed by atoms with Crippen molar-refractivity contribution in [2.75, 3.05) is 5.32 Å². The Morgan fingerprint density at radius 1 is 1.14 bits per heavy atom. The van der Waals surface area contributed by atoms with Gasteiger partial charge in [0, 0.05) is 0 Å². The molecule has 1 aliphatic rings. The van der Waals surface area contributed by atoms with Gasteiger partial charge in [0.25, 0.3) is 0 Å². The van der Waals surface area contributed by atoms with Gasteiger partial charge in [0.05, 0.1) is 0 Å². The summed E-state index contributed by atoms with van der Waals surface area (Å²) in [5, 5.41) is 5.97. The summed E-state index contributed by atoms with van der Waals surface area (Å²) in [6.45, 7) is 0. The number of nitrogens with one attached hydrogen (secondary N) is 1. The Morgan fingerprint density at radius 3 is 2.86 bits per heavy atom. The van der Waals surface area contributed by atoms with E-state index in [-0.39, 0.29) is 15.0 Å². The summed E-state index contributed by atoms with van der Waals surface area (Å²) in [7, 11) is 0. The molecule has 1 fully saturated rings. The maximum atomic E-state index is 4.60. The number of thiophene rings is 1. The van der Waals surface area contributed by atoms with Crippen LogP contribution >= 0.6 is 11.3 Å². The number of fused-ring (bicyclic) bond motifs is 1. The first kappa shape index (κ1) is 13.5. The molecule has 0 saturated heterocycles. The fourth-order valence-electron chi connectivity index (χ4n) is 3.27. The van der Waals surface area contributed by atoms with Crippen molar-refractivity contribution in [3.8, 4) is 0 Å². The third kappa shape index (κ3) is 2.66. The van der Waals surface area contributed by atoms with Crippen molar-refractivity contribution in [1.29, 1.82) is 0 Å². The van der Waals surface area contributed by atoms with Gasteiger partial charge in [-0.1, -0.05) is 0 Å². The predicted molar refractivity (Wildman–Crippen MR) is 89.1 cm³/mol. The van der Waals surface area contributed by atoms with Crippen molar-refractivity contribution in [3.05, 3.63) is 40.6 Å². The molecule has 1 aliphatic carbocycles. The summed E-state index contributed by atoms with van der Waals surface area (Å²) in [5.41, 5.74) is 3.27. The van der Waals surface area contributed by atoms with Crippen LogP contribution in [0.15, 0.2) is 35.7 Å². The van der Waals surface area contributed by atoms with Crippen LogP contribution in [0.1, 0.15) is 36.6 Å². The van der Waals surface area contributed by atoms with Crippen molar-refractivity contribution in [3.63, 3.8) is 0 Å². The van der Waals surface area contributed by atoms with Crippen LogP contribution in [-0.2, 0) is 0 Å². The normalized spacial score (nSPS) is 17.3. The Hall–Kier alpha value is -1.16. The number of benzene rings is 1. The second-order valence-corrected chi connectivity index (χ2v) is 7.71. The number of rotatable bonds is 4. The first-order valence-corrected chi connectivity index (χ1v) is 9.84. The molecule has 1 atom stereocenters. The fraction of sp³-hybridized carbons (Fsp3) is 0.375. The van der Waals surface area contributed by atoms with Crippen LogP contribution in [0.3, 0.4) is 0 Å². The molecule has 21 heavy (non-hydrogen) atoms. The van der Waals surface area contributed by atoms with E-state index in [1.165, 1.54) is 30.6 Å². The second-order valence-electron chi connectivity index (χ2n) is 5.62. The first-order chi connectivity index (χ1) is 10.4. The molecule has 2 heterocycles. The Bertz CT molecular complexity index is 716. The van der Waals surface area contributed by atoms with Gasteiger partial charge in [-0.15, -0.1) is 0 Å². The van der Waals surface area contributed by atoms with Gasteiger partial charge in [-0.05, 0) is 0 Å². The van der Waals surface area contributed by atoms with Crippen LogP contribution in [0.25, 0.3) is 11.0 Å². The van der Waals surface area contributed by atoms with Gasteiger partial charge < -0.3 is 0 Å². The third-order valence-corrected chi connectivity index (χ3v) is 6.41. The summed E-state index contributed by atoms with van der Waals surface area (Å²) in [6.07, 6.45) is 5.39. The summed E-state index contributed by atoms with van der Waals surface area (Å²) in [4.78, 5) is 1.44. The van der Waals surface area contributed by atoms with Crippen LogP contribution in [0, 0.1) is 5.92 Å². The van der Waals surface area contributed by atoms with Crippen LogP contribution in [0.4, 0.5) is 5.69 Å². The number of hydrogen-bond acceptors (Lipinski definition) is 4. The van der Waals surface area contributed by atoms with E-state index in [1.54, 1.807) is 0 Å². The van der Waals surface area contributed by atoms with E-state index < -0.39 is 0 Å². The standard InChI is InChI=1S/C16H17N3SSe/c1-2-6-11(5-1)15(14-9-4-10-20-14)17-12-7-3-8-13-16(12)19-21-18-13/h3-4,7-11,15,17H,1-2,5-6H2. The van der Waals surface area contributed by atoms with Crippen LogP contribution in [0.5, 0.6) is 0 Å². The molecule has 3 nitrogen and oxygen atoms in total. The molecular formula is C16H17N3SSe. The number of anilines is 1. The molecule has 0 bridgehead atoms. The molecule has 4 rings (SSSR count). The number of aromatic nitrogens is 2. The Labute approximate surface area is 134 Å². The van der Waals surface area contributed by atoms with E-state index in [1.807, 2.05) is 11.3 Å². The second kappa shape index (κ2) is 5.91. The molecule has 3 aromatic rings. The van der Waals surface area contributed by atoms with Crippen LogP contribution in [-0.4, -0.2) is 22.9 Å². The van der Waals surface area contributed by atoms with Gasteiger partial charge in [-0.3, -0.25) is 0 Å². The minimum atomic E-state index is 0.0336. The zero-order valence-corrected chi connectivity index (χ0v) is 14.2. The zero-order chi connectivity index (χ0) is 14.1. The van der Waals surface area contributed by atoms with Gasteiger partial charge in [-0.2, -0.15) is 0 Å². The molecular weight excluding hydrogens is 345 g/mol.